The summed E-state index contributed by atoms with van der Waals surface area (Å²) in [5.41, 5.74) is -0.454. The number of aryl methyl sites for hydroxylation is 1. The molecule has 1 aromatic carbocycles. The molecule has 1 aliphatic rings. The molecular formula is C9H10O5S. The topological polar surface area (TPSA) is 83.8 Å². The molecule has 1 atom stereocenters. The first kappa shape index (κ1) is 10.3. The van der Waals surface area contributed by atoms with Gasteiger partial charge in [0.2, 0.25) is 5.44 Å². The van der Waals surface area contributed by atoms with Crippen molar-refractivity contribution in [3.63, 3.8) is 0 Å². The first-order chi connectivity index (χ1) is 6.97. The zero-order valence-corrected chi connectivity index (χ0v) is 8.57. The van der Waals surface area contributed by atoms with Crippen LogP contribution in [0.5, 0.6) is 11.5 Å². The van der Waals surface area contributed by atoms with Crippen molar-refractivity contribution in [3.05, 3.63) is 23.8 Å². The number of ether oxygens (including phenoxy) is 1. The van der Waals surface area contributed by atoms with Crippen molar-refractivity contribution in [1.82, 2.24) is 0 Å². The zero-order chi connectivity index (χ0) is 11.1. The molecule has 1 heterocycles. The van der Waals surface area contributed by atoms with Crippen molar-refractivity contribution >= 4 is 10.1 Å². The molecule has 0 saturated carbocycles. The summed E-state index contributed by atoms with van der Waals surface area (Å²) in [6.45, 7) is 0. The van der Waals surface area contributed by atoms with Crippen LogP contribution < -0.4 is 4.74 Å². The van der Waals surface area contributed by atoms with Gasteiger partial charge in [-0.25, -0.2) is 0 Å². The number of aromatic hydroxyl groups is 1. The van der Waals surface area contributed by atoms with E-state index in [9.17, 15) is 13.5 Å². The fraction of sp³-hybridized carbons (Fsp3) is 0.333. The van der Waals surface area contributed by atoms with Crippen molar-refractivity contribution in [2.24, 2.45) is 0 Å². The average Bonchev–Trinajstić information content (AvgIpc) is 2.15. The molecule has 0 aromatic heterocycles. The monoisotopic (exact) mass is 230 g/mol. The fourth-order valence-electron chi connectivity index (χ4n) is 1.56. The second kappa shape index (κ2) is 3.39. The summed E-state index contributed by atoms with van der Waals surface area (Å²) in [6, 6.07) is 4.42. The van der Waals surface area contributed by atoms with E-state index in [1.54, 1.807) is 0 Å². The smallest absolute Gasteiger partial charge is 0.303 e. The molecule has 6 heteroatoms. The van der Waals surface area contributed by atoms with Gasteiger partial charge < -0.3 is 9.84 Å². The number of benzene rings is 1. The van der Waals surface area contributed by atoms with Gasteiger partial charge in [0, 0.05) is 6.42 Å². The lowest BCUT2D eigenvalue weighted by Crippen LogP contribution is -2.30. The average molecular weight is 230 g/mol. The maximum Gasteiger partial charge on any atom is 0.303 e. The Labute approximate surface area is 87.1 Å². The zero-order valence-electron chi connectivity index (χ0n) is 7.75. The van der Waals surface area contributed by atoms with E-state index in [2.05, 4.69) is 0 Å². The van der Waals surface area contributed by atoms with Gasteiger partial charge in [0.25, 0.3) is 0 Å². The largest absolute Gasteiger partial charge is 0.508 e. The Morgan fingerprint density at radius 2 is 2.13 bits per heavy atom. The minimum atomic E-state index is -4.16. The molecule has 0 amide bonds. The highest BCUT2D eigenvalue weighted by Crippen LogP contribution is 2.31. The van der Waals surface area contributed by atoms with Gasteiger partial charge in [-0.05, 0) is 30.2 Å². The van der Waals surface area contributed by atoms with Crippen LogP contribution in [-0.2, 0) is 16.5 Å². The Balaban J connectivity index is 2.32. The molecule has 0 saturated heterocycles. The minimum Gasteiger partial charge on any atom is -0.508 e. The predicted octanol–water partition coefficient (Wildman–Crippen LogP) is 0.931. The van der Waals surface area contributed by atoms with Crippen LogP contribution >= 0.6 is 0 Å². The van der Waals surface area contributed by atoms with Crippen LogP contribution in [0.4, 0.5) is 0 Å². The second-order valence-corrected chi connectivity index (χ2v) is 4.95. The first-order valence-corrected chi connectivity index (χ1v) is 5.92. The minimum absolute atomic E-state index is 0.114. The Hall–Kier alpha value is -1.27. The molecule has 2 N–H and O–H groups in total. The van der Waals surface area contributed by atoms with E-state index in [1.165, 1.54) is 18.2 Å². The molecule has 0 aliphatic carbocycles. The van der Waals surface area contributed by atoms with Crippen LogP contribution in [0.15, 0.2) is 18.2 Å². The van der Waals surface area contributed by atoms with Gasteiger partial charge >= 0.3 is 10.1 Å². The molecule has 0 fully saturated rings. The van der Waals surface area contributed by atoms with E-state index < -0.39 is 15.6 Å². The van der Waals surface area contributed by atoms with Crippen molar-refractivity contribution in [2.75, 3.05) is 0 Å². The number of phenolic OH excluding ortho intramolecular Hbond substituents is 1. The summed E-state index contributed by atoms with van der Waals surface area (Å²) in [7, 11) is -4.16. The van der Waals surface area contributed by atoms with Crippen molar-refractivity contribution in [3.8, 4) is 11.5 Å². The Bertz CT molecular complexity index is 479. The van der Waals surface area contributed by atoms with Gasteiger partial charge in [0.05, 0.1) is 0 Å². The molecule has 0 spiro atoms. The first-order valence-electron chi connectivity index (χ1n) is 4.41. The number of rotatable bonds is 1. The second-order valence-electron chi connectivity index (χ2n) is 3.39. The SMILES string of the molecule is O=S(=O)(O)C1CCc2cc(O)ccc2O1. The highest BCUT2D eigenvalue weighted by Gasteiger charge is 2.29. The maximum atomic E-state index is 10.8. The molecule has 5 nitrogen and oxygen atoms in total. The van der Waals surface area contributed by atoms with Crippen LogP contribution in [0.2, 0.25) is 0 Å². The summed E-state index contributed by atoms with van der Waals surface area (Å²) in [5.74, 6) is 0.504. The van der Waals surface area contributed by atoms with E-state index in [4.69, 9.17) is 9.29 Å². The van der Waals surface area contributed by atoms with E-state index in [1.807, 2.05) is 0 Å². The molecule has 15 heavy (non-hydrogen) atoms. The molecule has 0 bridgehead atoms. The summed E-state index contributed by atoms with van der Waals surface area (Å²) in [4.78, 5) is 0. The molecule has 0 radical (unpaired) electrons. The summed E-state index contributed by atoms with van der Waals surface area (Å²) < 4.78 is 35.6. The van der Waals surface area contributed by atoms with Gasteiger partial charge in [0.1, 0.15) is 11.5 Å². The highest BCUT2D eigenvalue weighted by molar-refractivity contribution is 7.86. The lowest BCUT2D eigenvalue weighted by molar-refractivity contribution is 0.228. The number of hydrogen-bond acceptors (Lipinski definition) is 4. The van der Waals surface area contributed by atoms with Gasteiger partial charge in [-0.15, -0.1) is 0 Å². The van der Waals surface area contributed by atoms with Gasteiger partial charge in [-0.1, -0.05) is 0 Å². The van der Waals surface area contributed by atoms with Crippen molar-refractivity contribution in [2.45, 2.75) is 18.3 Å². The standard InChI is InChI=1S/C9H10O5S/c10-7-2-3-8-6(5-7)1-4-9(14-8)15(11,12)13/h2-3,5,9-10H,1,4H2,(H,11,12,13). The molecule has 2 rings (SSSR count). The Morgan fingerprint density at radius 3 is 2.80 bits per heavy atom. The molecule has 82 valence electrons. The quantitative estimate of drug-likeness (QED) is 0.701. The predicted molar refractivity (Wildman–Crippen MR) is 52.4 cm³/mol. The van der Waals surface area contributed by atoms with Crippen LogP contribution in [0.3, 0.4) is 0 Å². The van der Waals surface area contributed by atoms with Crippen molar-refractivity contribution in [1.29, 1.82) is 0 Å². The molecular weight excluding hydrogens is 220 g/mol. The summed E-state index contributed by atoms with van der Waals surface area (Å²) >= 11 is 0. The van der Waals surface area contributed by atoms with Gasteiger partial charge in [-0.3, -0.25) is 4.55 Å². The van der Waals surface area contributed by atoms with Gasteiger partial charge in [0.15, 0.2) is 0 Å². The summed E-state index contributed by atoms with van der Waals surface area (Å²) in [6.07, 6.45) is 0.642. The summed E-state index contributed by atoms with van der Waals surface area (Å²) in [5, 5.41) is 9.19. The fourth-order valence-corrected chi connectivity index (χ4v) is 2.20. The molecule has 1 unspecified atom stereocenters. The van der Waals surface area contributed by atoms with Crippen LogP contribution in [0.1, 0.15) is 12.0 Å². The van der Waals surface area contributed by atoms with Crippen LogP contribution in [0, 0.1) is 0 Å². The van der Waals surface area contributed by atoms with E-state index in [0.29, 0.717) is 12.2 Å². The highest BCUT2D eigenvalue weighted by atomic mass is 32.2. The third-order valence-corrected chi connectivity index (χ3v) is 3.28. The van der Waals surface area contributed by atoms with E-state index in [0.717, 1.165) is 5.56 Å². The third-order valence-electron chi connectivity index (χ3n) is 2.28. The third kappa shape index (κ3) is 2.05. The van der Waals surface area contributed by atoms with Crippen LogP contribution in [0.25, 0.3) is 0 Å². The molecule has 1 aliphatic heterocycles. The molecule has 1 aromatic rings. The van der Waals surface area contributed by atoms with Crippen LogP contribution in [-0.4, -0.2) is 23.5 Å². The normalized spacial score (nSPS) is 20.5. The lowest BCUT2D eigenvalue weighted by Gasteiger charge is -2.23. The lowest BCUT2D eigenvalue weighted by atomic mass is 10.1. The van der Waals surface area contributed by atoms with E-state index >= 15 is 0 Å². The van der Waals surface area contributed by atoms with Gasteiger partial charge in [-0.2, -0.15) is 8.42 Å². The Morgan fingerprint density at radius 1 is 1.40 bits per heavy atom. The number of hydrogen-bond donors (Lipinski definition) is 2. The maximum absolute atomic E-state index is 10.8. The van der Waals surface area contributed by atoms with Crippen molar-refractivity contribution < 1.29 is 22.8 Å². The number of fused-ring (bicyclic) bond motifs is 1. The number of phenols is 1. The Kier molecular flexibility index (Phi) is 2.32. The van der Waals surface area contributed by atoms with E-state index in [-0.39, 0.29) is 12.2 Å².